The molecular formula is C14H13Br2FN2. The topological polar surface area (TPSA) is 38.0 Å². The first-order valence-electron chi connectivity index (χ1n) is 5.74. The summed E-state index contributed by atoms with van der Waals surface area (Å²) in [6, 6.07) is 11.0. The van der Waals surface area contributed by atoms with Crippen molar-refractivity contribution in [3.05, 3.63) is 56.7 Å². The lowest BCUT2D eigenvalue weighted by Crippen LogP contribution is -2.08. The van der Waals surface area contributed by atoms with E-state index < -0.39 is 0 Å². The third kappa shape index (κ3) is 3.48. The van der Waals surface area contributed by atoms with Gasteiger partial charge in [-0.05, 0) is 46.6 Å². The second-order valence-corrected chi connectivity index (χ2v) is 6.04. The van der Waals surface area contributed by atoms with Crippen LogP contribution in [0.5, 0.6) is 0 Å². The molecule has 19 heavy (non-hydrogen) atoms. The minimum absolute atomic E-state index is 0.0379. The highest BCUT2D eigenvalue weighted by Crippen LogP contribution is 2.29. The highest BCUT2D eigenvalue weighted by Gasteiger charge is 2.10. The van der Waals surface area contributed by atoms with Crippen LogP contribution >= 0.6 is 31.9 Å². The summed E-state index contributed by atoms with van der Waals surface area (Å²) in [5.74, 6) is -0.334. The zero-order chi connectivity index (χ0) is 14.0. The van der Waals surface area contributed by atoms with E-state index in [0.29, 0.717) is 15.8 Å². The SMILES string of the molecule is CC(Nc1cc(F)c(Br)cc1N)c1ccc(Br)cc1. The van der Waals surface area contributed by atoms with Crippen LogP contribution in [-0.2, 0) is 0 Å². The quantitative estimate of drug-likeness (QED) is 0.718. The summed E-state index contributed by atoms with van der Waals surface area (Å²) in [7, 11) is 0. The van der Waals surface area contributed by atoms with Crippen molar-refractivity contribution in [1.29, 1.82) is 0 Å². The molecule has 2 aromatic rings. The first kappa shape index (κ1) is 14.3. The van der Waals surface area contributed by atoms with Gasteiger partial charge in [0.15, 0.2) is 0 Å². The molecule has 0 bridgehead atoms. The Hall–Kier alpha value is -1.07. The molecule has 0 aliphatic rings. The van der Waals surface area contributed by atoms with Crippen LogP contribution < -0.4 is 11.1 Å². The second kappa shape index (κ2) is 5.92. The largest absolute Gasteiger partial charge is 0.397 e. The first-order chi connectivity index (χ1) is 8.97. The number of rotatable bonds is 3. The van der Waals surface area contributed by atoms with Crippen molar-refractivity contribution < 1.29 is 4.39 Å². The summed E-state index contributed by atoms with van der Waals surface area (Å²) in [5, 5.41) is 3.21. The molecule has 2 aromatic carbocycles. The Bertz CT molecular complexity index is 585. The van der Waals surface area contributed by atoms with Crippen molar-refractivity contribution >= 4 is 43.2 Å². The molecule has 0 spiro atoms. The summed E-state index contributed by atoms with van der Waals surface area (Å²) in [4.78, 5) is 0. The molecule has 5 heteroatoms. The summed E-state index contributed by atoms with van der Waals surface area (Å²) >= 11 is 6.51. The van der Waals surface area contributed by atoms with Gasteiger partial charge >= 0.3 is 0 Å². The molecule has 0 aliphatic heterocycles. The van der Waals surface area contributed by atoms with Crippen molar-refractivity contribution in [1.82, 2.24) is 0 Å². The Balaban J connectivity index is 2.21. The first-order valence-corrected chi connectivity index (χ1v) is 7.32. The molecule has 2 nitrogen and oxygen atoms in total. The average Bonchev–Trinajstić information content (AvgIpc) is 2.36. The third-order valence-electron chi connectivity index (χ3n) is 2.83. The molecule has 1 unspecified atom stereocenters. The second-order valence-electron chi connectivity index (χ2n) is 4.27. The van der Waals surface area contributed by atoms with Gasteiger partial charge < -0.3 is 11.1 Å². The average molecular weight is 388 g/mol. The molecule has 0 fully saturated rings. The minimum atomic E-state index is -0.334. The van der Waals surface area contributed by atoms with Crippen LogP contribution in [0.2, 0.25) is 0 Å². The third-order valence-corrected chi connectivity index (χ3v) is 3.97. The van der Waals surface area contributed by atoms with Gasteiger partial charge in [0.25, 0.3) is 0 Å². The molecule has 0 amide bonds. The lowest BCUT2D eigenvalue weighted by molar-refractivity contribution is 0.621. The molecule has 2 rings (SSSR count). The fourth-order valence-electron chi connectivity index (χ4n) is 1.76. The zero-order valence-electron chi connectivity index (χ0n) is 10.3. The van der Waals surface area contributed by atoms with Gasteiger partial charge in [0.2, 0.25) is 0 Å². The summed E-state index contributed by atoms with van der Waals surface area (Å²) in [6.45, 7) is 2.00. The van der Waals surface area contributed by atoms with Gasteiger partial charge in [-0.15, -0.1) is 0 Å². The molecule has 0 aliphatic carbocycles. The van der Waals surface area contributed by atoms with Gasteiger partial charge in [-0.1, -0.05) is 28.1 Å². The maximum absolute atomic E-state index is 13.5. The van der Waals surface area contributed by atoms with Crippen LogP contribution in [0.15, 0.2) is 45.3 Å². The predicted molar refractivity (Wildman–Crippen MR) is 84.7 cm³/mol. The highest BCUT2D eigenvalue weighted by atomic mass is 79.9. The van der Waals surface area contributed by atoms with Crippen molar-refractivity contribution in [3.63, 3.8) is 0 Å². The highest BCUT2D eigenvalue weighted by molar-refractivity contribution is 9.10. The van der Waals surface area contributed by atoms with Crippen LogP contribution in [0.1, 0.15) is 18.5 Å². The van der Waals surface area contributed by atoms with E-state index >= 15 is 0 Å². The number of nitrogens with two attached hydrogens (primary N) is 1. The van der Waals surface area contributed by atoms with Gasteiger partial charge in [0, 0.05) is 16.6 Å². The molecule has 0 heterocycles. The van der Waals surface area contributed by atoms with Crippen LogP contribution in [0, 0.1) is 5.82 Å². The van der Waals surface area contributed by atoms with Crippen molar-refractivity contribution in [2.45, 2.75) is 13.0 Å². The standard InChI is InChI=1S/C14H13Br2FN2/c1-8(9-2-4-10(15)5-3-9)19-14-7-12(17)11(16)6-13(14)18/h2-8,19H,18H2,1H3. The molecule has 0 aromatic heterocycles. The molecule has 1 atom stereocenters. The lowest BCUT2D eigenvalue weighted by atomic mass is 10.1. The van der Waals surface area contributed by atoms with Crippen molar-refractivity contribution in [3.8, 4) is 0 Å². The fraction of sp³-hybridized carbons (Fsp3) is 0.143. The molecule has 0 saturated heterocycles. The number of nitrogens with one attached hydrogen (secondary N) is 1. The van der Waals surface area contributed by atoms with Crippen LogP contribution in [0.4, 0.5) is 15.8 Å². The van der Waals surface area contributed by atoms with E-state index in [2.05, 4.69) is 37.2 Å². The Morgan fingerprint density at radius 3 is 2.42 bits per heavy atom. The van der Waals surface area contributed by atoms with Crippen LogP contribution in [-0.4, -0.2) is 0 Å². The Labute approximate surface area is 128 Å². The van der Waals surface area contributed by atoms with E-state index in [-0.39, 0.29) is 11.9 Å². The van der Waals surface area contributed by atoms with Crippen molar-refractivity contribution in [2.75, 3.05) is 11.1 Å². The van der Waals surface area contributed by atoms with Gasteiger partial charge in [-0.2, -0.15) is 0 Å². The zero-order valence-corrected chi connectivity index (χ0v) is 13.4. The van der Waals surface area contributed by atoms with Gasteiger partial charge in [0.1, 0.15) is 5.82 Å². The smallest absolute Gasteiger partial charge is 0.139 e. The van der Waals surface area contributed by atoms with E-state index in [1.807, 2.05) is 31.2 Å². The molecule has 100 valence electrons. The normalized spacial score (nSPS) is 12.2. The molecule has 3 N–H and O–H groups in total. The van der Waals surface area contributed by atoms with Crippen LogP contribution in [0.25, 0.3) is 0 Å². The minimum Gasteiger partial charge on any atom is -0.397 e. The van der Waals surface area contributed by atoms with E-state index in [9.17, 15) is 4.39 Å². The van der Waals surface area contributed by atoms with Crippen LogP contribution in [0.3, 0.4) is 0 Å². The molecular weight excluding hydrogens is 375 g/mol. The van der Waals surface area contributed by atoms with Gasteiger partial charge in [0.05, 0.1) is 15.8 Å². The number of nitrogen functional groups attached to an aromatic ring is 1. The number of hydrogen-bond donors (Lipinski definition) is 2. The Morgan fingerprint density at radius 2 is 1.79 bits per heavy atom. The summed E-state index contributed by atoms with van der Waals surface area (Å²) in [6.07, 6.45) is 0. The number of hydrogen-bond acceptors (Lipinski definition) is 2. The number of anilines is 2. The van der Waals surface area contributed by atoms with E-state index in [1.165, 1.54) is 6.07 Å². The maximum atomic E-state index is 13.5. The van der Waals surface area contributed by atoms with E-state index in [1.54, 1.807) is 6.07 Å². The van der Waals surface area contributed by atoms with Crippen molar-refractivity contribution in [2.24, 2.45) is 0 Å². The Morgan fingerprint density at radius 1 is 1.16 bits per heavy atom. The predicted octanol–water partition coefficient (Wildman–Crippen LogP) is 5.11. The Kier molecular flexibility index (Phi) is 4.47. The molecule has 0 radical (unpaired) electrons. The molecule has 0 saturated carbocycles. The fourth-order valence-corrected chi connectivity index (χ4v) is 2.38. The summed E-state index contributed by atoms with van der Waals surface area (Å²) < 4.78 is 14.9. The van der Waals surface area contributed by atoms with Gasteiger partial charge in [-0.25, -0.2) is 4.39 Å². The van der Waals surface area contributed by atoms with Gasteiger partial charge in [-0.3, -0.25) is 0 Å². The van der Waals surface area contributed by atoms with E-state index in [0.717, 1.165) is 10.0 Å². The maximum Gasteiger partial charge on any atom is 0.139 e. The lowest BCUT2D eigenvalue weighted by Gasteiger charge is -2.17. The number of benzene rings is 2. The van der Waals surface area contributed by atoms with E-state index in [4.69, 9.17) is 5.73 Å². The monoisotopic (exact) mass is 386 g/mol. The number of halogens is 3. The summed E-state index contributed by atoms with van der Waals surface area (Å²) in [5.41, 5.74) is 8.08.